The van der Waals surface area contributed by atoms with E-state index in [1.54, 1.807) is 48.5 Å². The van der Waals surface area contributed by atoms with E-state index in [4.69, 9.17) is 11.6 Å². The molecule has 30 heavy (non-hydrogen) atoms. The van der Waals surface area contributed by atoms with Crippen LogP contribution in [0.4, 0.5) is 18.9 Å². The number of amides is 1. The number of rotatable bonds is 4. The maximum absolute atomic E-state index is 13.5. The number of anilines is 1. The van der Waals surface area contributed by atoms with Crippen LogP contribution in [0.2, 0.25) is 5.02 Å². The molecule has 1 aromatic heterocycles. The molecular formula is C22H19ClF3N3O. The Morgan fingerprint density at radius 1 is 1.10 bits per heavy atom. The van der Waals surface area contributed by atoms with E-state index in [1.807, 2.05) is 0 Å². The highest BCUT2D eigenvalue weighted by Crippen LogP contribution is 2.36. The van der Waals surface area contributed by atoms with E-state index in [9.17, 15) is 18.0 Å². The molecule has 0 aliphatic heterocycles. The molecule has 156 valence electrons. The van der Waals surface area contributed by atoms with Gasteiger partial charge in [0.25, 0.3) is 5.91 Å². The molecule has 8 heteroatoms. The molecule has 0 atom stereocenters. The second kappa shape index (κ2) is 8.14. The zero-order valence-corrected chi connectivity index (χ0v) is 16.7. The van der Waals surface area contributed by atoms with Crippen molar-refractivity contribution in [3.8, 4) is 0 Å². The topological polar surface area (TPSA) is 46.9 Å². The number of halogens is 4. The van der Waals surface area contributed by atoms with Crippen LogP contribution in [0.25, 0.3) is 0 Å². The Bertz CT molecular complexity index is 1090. The van der Waals surface area contributed by atoms with Crippen molar-refractivity contribution >= 4 is 23.2 Å². The van der Waals surface area contributed by atoms with Crippen molar-refractivity contribution in [1.29, 1.82) is 0 Å². The van der Waals surface area contributed by atoms with Crippen molar-refractivity contribution in [3.05, 3.63) is 81.6 Å². The first-order valence-electron chi connectivity index (χ1n) is 9.63. The lowest BCUT2D eigenvalue weighted by molar-refractivity contribution is -0.142. The molecule has 0 spiro atoms. The van der Waals surface area contributed by atoms with Gasteiger partial charge in [-0.1, -0.05) is 35.9 Å². The van der Waals surface area contributed by atoms with Crippen LogP contribution in [0, 0.1) is 0 Å². The summed E-state index contributed by atoms with van der Waals surface area (Å²) < 4.78 is 41.8. The highest BCUT2D eigenvalue weighted by molar-refractivity contribution is 6.31. The predicted octanol–water partition coefficient (Wildman–Crippen LogP) is 5.73. The molecule has 1 heterocycles. The van der Waals surface area contributed by atoms with Gasteiger partial charge in [-0.05, 0) is 55.5 Å². The second-order valence-corrected chi connectivity index (χ2v) is 7.69. The molecule has 0 radical (unpaired) electrons. The molecule has 1 aliphatic rings. The number of benzene rings is 2. The largest absolute Gasteiger partial charge is 0.435 e. The lowest BCUT2D eigenvalue weighted by Crippen LogP contribution is -2.17. The van der Waals surface area contributed by atoms with Crippen LogP contribution in [0.15, 0.2) is 48.5 Å². The van der Waals surface area contributed by atoms with Crippen molar-refractivity contribution < 1.29 is 18.0 Å². The average molecular weight is 434 g/mol. The highest BCUT2D eigenvalue weighted by Gasteiger charge is 2.39. The van der Waals surface area contributed by atoms with Gasteiger partial charge in [0, 0.05) is 27.5 Å². The van der Waals surface area contributed by atoms with E-state index >= 15 is 0 Å². The lowest BCUT2D eigenvalue weighted by atomic mass is 9.95. The molecule has 0 saturated carbocycles. The molecule has 3 aromatic rings. The van der Waals surface area contributed by atoms with E-state index < -0.39 is 11.9 Å². The number of hydrogen-bond donors (Lipinski definition) is 1. The molecule has 0 saturated heterocycles. The molecule has 1 aliphatic carbocycles. The van der Waals surface area contributed by atoms with Gasteiger partial charge in [0.2, 0.25) is 0 Å². The number of fused-ring (bicyclic) bond motifs is 1. The fourth-order valence-electron chi connectivity index (χ4n) is 3.84. The van der Waals surface area contributed by atoms with Crippen LogP contribution < -0.4 is 5.32 Å². The summed E-state index contributed by atoms with van der Waals surface area (Å²) in [5, 5.41) is 7.17. The van der Waals surface area contributed by atoms with Crippen LogP contribution in [-0.4, -0.2) is 15.7 Å². The summed E-state index contributed by atoms with van der Waals surface area (Å²) in [4.78, 5) is 12.8. The normalized spacial score (nSPS) is 13.7. The SMILES string of the molecule is O=C(Nc1cccc(Cl)c1)c1ccccc1Cn1nc(C(F)(F)F)c2c1CCCC2. The highest BCUT2D eigenvalue weighted by atomic mass is 35.5. The maximum atomic E-state index is 13.5. The Hall–Kier alpha value is -2.80. The Morgan fingerprint density at radius 3 is 2.63 bits per heavy atom. The van der Waals surface area contributed by atoms with Gasteiger partial charge in [-0.15, -0.1) is 0 Å². The van der Waals surface area contributed by atoms with Crippen LogP contribution in [0.1, 0.15) is 45.7 Å². The molecule has 0 unspecified atom stereocenters. The smallest absolute Gasteiger partial charge is 0.322 e. The van der Waals surface area contributed by atoms with Gasteiger partial charge in [-0.3, -0.25) is 9.48 Å². The fourth-order valence-corrected chi connectivity index (χ4v) is 4.03. The Labute approximate surface area is 176 Å². The minimum absolute atomic E-state index is 0.0948. The standard InChI is InChI=1S/C22H19ClF3N3O/c23-15-7-5-8-16(12-15)27-21(30)17-9-2-1-6-14(17)13-29-19-11-4-3-10-18(19)20(28-29)22(24,25)26/h1-2,5-9,12H,3-4,10-11,13H2,(H,27,30). The van der Waals surface area contributed by atoms with Crippen molar-refractivity contribution in [1.82, 2.24) is 9.78 Å². The number of aromatic nitrogens is 2. The molecular weight excluding hydrogens is 415 g/mol. The monoisotopic (exact) mass is 433 g/mol. The van der Waals surface area contributed by atoms with Gasteiger partial charge in [0.1, 0.15) is 0 Å². The first-order chi connectivity index (χ1) is 14.3. The minimum atomic E-state index is -4.49. The third kappa shape index (κ3) is 4.21. The maximum Gasteiger partial charge on any atom is 0.435 e. The Kier molecular flexibility index (Phi) is 5.56. The lowest BCUT2D eigenvalue weighted by Gasteiger charge is -2.16. The van der Waals surface area contributed by atoms with Crippen LogP contribution in [0.3, 0.4) is 0 Å². The van der Waals surface area contributed by atoms with E-state index in [2.05, 4.69) is 10.4 Å². The molecule has 0 bridgehead atoms. The Balaban J connectivity index is 1.65. The minimum Gasteiger partial charge on any atom is -0.322 e. The first-order valence-corrected chi connectivity index (χ1v) is 10.0. The number of carbonyl (C=O) groups is 1. The Morgan fingerprint density at radius 2 is 1.87 bits per heavy atom. The summed E-state index contributed by atoms with van der Waals surface area (Å²) in [6.45, 7) is 0.0948. The molecule has 4 rings (SSSR count). The van der Waals surface area contributed by atoms with Crippen molar-refractivity contribution in [2.75, 3.05) is 5.32 Å². The second-order valence-electron chi connectivity index (χ2n) is 7.26. The molecule has 2 aromatic carbocycles. The number of nitrogens with zero attached hydrogens (tertiary/aromatic N) is 2. The van der Waals surface area contributed by atoms with Crippen molar-refractivity contribution in [3.63, 3.8) is 0 Å². The van der Waals surface area contributed by atoms with Gasteiger partial charge >= 0.3 is 6.18 Å². The summed E-state index contributed by atoms with van der Waals surface area (Å²) in [5.74, 6) is -0.357. The molecule has 4 nitrogen and oxygen atoms in total. The number of alkyl halides is 3. The zero-order chi connectivity index (χ0) is 21.3. The van der Waals surface area contributed by atoms with Gasteiger partial charge in [0.05, 0.1) is 6.54 Å². The summed E-state index contributed by atoms with van der Waals surface area (Å²) in [6.07, 6.45) is -2.01. The van der Waals surface area contributed by atoms with E-state index in [1.165, 1.54) is 4.68 Å². The predicted molar refractivity (Wildman–Crippen MR) is 109 cm³/mol. The zero-order valence-electron chi connectivity index (χ0n) is 16.0. The van der Waals surface area contributed by atoms with Crippen LogP contribution in [-0.2, 0) is 25.6 Å². The third-order valence-electron chi connectivity index (χ3n) is 5.19. The number of nitrogens with one attached hydrogen (secondary N) is 1. The first kappa shape index (κ1) is 20.5. The van der Waals surface area contributed by atoms with Crippen LogP contribution >= 0.6 is 11.6 Å². The molecule has 1 N–H and O–H groups in total. The average Bonchev–Trinajstić information content (AvgIpc) is 3.07. The van der Waals surface area contributed by atoms with Gasteiger partial charge in [-0.25, -0.2) is 0 Å². The number of carbonyl (C=O) groups excluding carboxylic acids is 1. The van der Waals surface area contributed by atoms with Gasteiger partial charge in [-0.2, -0.15) is 18.3 Å². The van der Waals surface area contributed by atoms with Gasteiger partial charge in [0.15, 0.2) is 5.69 Å². The summed E-state index contributed by atoms with van der Waals surface area (Å²) in [6, 6.07) is 13.6. The van der Waals surface area contributed by atoms with Crippen molar-refractivity contribution in [2.24, 2.45) is 0 Å². The quantitative estimate of drug-likeness (QED) is 0.570. The van der Waals surface area contributed by atoms with E-state index in [0.29, 0.717) is 40.4 Å². The van der Waals surface area contributed by atoms with Gasteiger partial charge < -0.3 is 5.32 Å². The summed E-state index contributed by atoms with van der Waals surface area (Å²) in [7, 11) is 0. The molecule has 0 fully saturated rings. The number of hydrogen-bond acceptors (Lipinski definition) is 2. The van der Waals surface area contributed by atoms with E-state index in [-0.39, 0.29) is 18.0 Å². The summed E-state index contributed by atoms with van der Waals surface area (Å²) >= 11 is 5.96. The van der Waals surface area contributed by atoms with Crippen molar-refractivity contribution in [2.45, 2.75) is 38.4 Å². The fraction of sp³-hybridized carbons (Fsp3) is 0.273. The van der Waals surface area contributed by atoms with Crippen LogP contribution in [0.5, 0.6) is 0 Å². The van der Waals surface area contributed by atoms with E-state index in [0.717, 1.165) is 12.8 Å². The third-order valence-corrected chi connectivity index (χ3v) is 5.43. The molecule has 1 amide bonds. The summed E-state index contributed by atoms with van der Waals surface area (Å²) in [5.41, 5.74) is 1.61.